The normalized spacial score (nSPS) is 12.1. The highest BCUT2D eigenvalue weighted by molar-refractivity contribution is 6.16. The van der Waals surface area contributed by atoms with Gasteiger partial charge >= 0.3 is 0 Å². The first kappa shape index (κ1) is 17.9. The molecule has 0 aliphatic carbocycles. The summed E-state index contributed by atoms with van der Waals surface area (Å²) in [6, 6.07) is 38.3. The number of aromatic nitrogens is 2. The highest BCUT2D eigenvalue weighted by atomic mass is 16.3. The van der Waals surface area contributed by atoms with Gasteiger partial charge in [0.25, 0.3) is 0 Å². The zero-order chi connectivity index (χ0) is 22.2. The molecule has 0 aliphatic heterocycles. The molecular formula is C31H18N2O. The standard InChI is InChI=1S/C31H18N2O/c1-4-13-27-21(8-1)25-18-19(16-17-24(25)31-32-26-12-3-5-14-28(26)33(27)31)20-10-7-11-23-22-9-2-6-15-29(22)34-30(20)23/h1-18H. The average Bonchev–Trinajstić information content (AvgIpc) is 3.47. The topological polar surface area (TPSA) is 30.4 Å². The molecule has 3 heterocycles. The predicted octanol–water partition coefficient (Wildman–Crippen LogP) is 8.36. The summed E-state index contributed by atoms with van der Waals surface area (Å²) >= 11 is 0. The van der Waals surface area contributed by atoms with Gasteiger partial charge in [-0.1, -0.05) is 72.8 Å². The number of benzene rings is 5. The van der Waals surface area contributed by atoms with Gasteiger partial charge in [0.2, 0.25) is 0 Å². The Morgan fingerprint density at radius 1 is 0.559 bits per heavy atom. The van der Waals surface area contributed by atoms with E-state index in [1.165, 1.54) is 10.8 Å². The van der Waals surface area contributed by atoms with Gasteiger partial charge in [-0.3, -0.25) is 4.40 Å². The highest BCUT2D eigenvalue weighted by Crippen LogP contribution is 2.39. The average molecular weight is 434 g/mol. The van der Waals surface area contributed by atoms with E-state index in [0.29, 0.717) is 0 Å². The molecule has 5 aromatic carbocycles. The molecular weight excluding hydrogens is 416 g/mol. The van der Waals surface area contributed by atoms with E-state index in [0.717, 1.165) is 60.6 Å². The molecule has 3 heteroatoms. The minimum Gasteiger partial charge on any atom is -0.455 e. The summed E-state index contributed by atoms with van der Waals surface area (Å²) in [5.74, 6) is 0. The Balaban J connectivity index is 1.50. The van der Waals surface area contributed by atoms with E-state index in [1.807, 2.05) is 18.2 Å². The second-order valence-corrected chi connectivity index (χ2v) is 8.82. The van der Waals surface area contributed by atoms with Gasteiger partial charge in [0.05, 0.1) is 16.6 Å². The van der Waals surface area contributed by atoms with Crippen molar-refractivity contribution in [3.8, 4) is 11.1 Å². The lowest BCUT2D eigenvalue weighted by atomic mass is 9.97. The first-order chi connectivity index (χ1) is 16.9. The van der Waals surface area contributed by atoms with Crippen molar-refractivity contribution in [2.45, 2.75) is 0 Å². The van der Waals surface area contributed by atoms with Crippen LogP contribution in [0.3, 0.4) is 0 Å². The molecule has 0 bridgehead atoms. The van der Waals surface area contributed by atoms with Crippen molar-refractivity contribution in [1.29, 1.82) is 0 Å². The number of hydrogen-bond acceptors (Lipinski definition) is 2. The molecule has 0 aliphatic rings. The number of para-hydroxylation sites is 5. The van der Waals surface area contributed by atoms with Crippen LogP contribution in [0.4, 0.5) is 0 Å². The van der Waals surface area contributed by atoms with Crippen LogP contribution in [0.25, 0.3) is 71.4 Å². The Morgan fingerprint density at radius 3 is 2.26 bits per heavy atom. The van der Waals surface area contributed by atoms with E-state index >= 15 is 0 Å². The number of furan rings is 1. The van der Waals surface area contributed by atoms with Crippen LogP contribution >= 0.6 is 0 Å². The van der Waals surface area contributed by atoms with Crippen molar-refractivity contribution in [3.05, 3.63) is 109 Å². The van der Waals surface area contributed by atoms with Gasteiger partial charge in [-0.2, -0.15) is 0 Å². The van der Waals surface area contributed by atoms with E-state index in [4.69, 9.17) is 9.40 Å². The third kappa shape index (κ3) is 2.28. The van der Waals surface area contributed by atoms with Crippen molar-refractivity contribution in [2.24, 2.45) is 0 Å². The minimum absolute atomic E-state index is 0.918. The van der Waals surface area contributed by atoms with Gasteiger partial charge in [-0.05, 0) is 47.3 Å². The molecule has 0 N–H and O–H groups in total. The second-order valence-electron chi connectivity index (χ2n) is 8.82. The SMILES string of the molecule is c1ccc2c(c1)nc1c3ccc(-c4cccc5c4oc4ccccc45)cc3c3ccccc3n21. The van der Waals surface area contributed by atoms with Crippen molar-refractivity contribution in [3.63, 3.8) is 0 Å². The molecule has 3 nitrogen and oxygen atoms in total. The van der Waals surface area contributed by atoms with Crippen molar-refractivity contribution in [1.82, 2.24) is 9.38 Å². The summed E-state index contributed by atoms with van der Waals surface area (Å²) < 4.78 is 8.62. The van der Waals surface area contributed by atoms with Gasteiger partial charge in [0.15, 0.2) is 0 Å². The summed E-state index contributed by atoms with van der Waals surface area (Å²) in [5, 5.41) is 5.86. The third-order valence-corrected chi connectivity index (χ3v) is 6.97. The largest absolute Gasteiger partial charge is 0.455 e. The zero-order valence-corrected chi connectivity index (χ0v) is 18.2. The predicted molar refractivity (Wildman–Crippen MR) is 140 cm³/mol. The van der Waals surface area contributed by atoms with E-state index in [1.54, 1.807) is 0 Å². The zero-order valence-electron chi connectivity index (χ0n) is 18.2. The van der Waals surface area contributed by atoms with Crippen LogP contribution in [0.15, 0.2) is 114 Å². The number of imidazole rings is 1. The van der Waals surface area contributed by atoms with Gasteiger partial charge in [0, 0.05) is 27.1 Å². The summed E-state index contributed by atoms with van der Waals surface area (Å²) in [5.41, 5.74) is 8.39. The Hall–Kier alpha value is -4.63. The van der Waals surface area contributed by atoms with E-state index in [2.05, 4.69) is 95.4 Å². The maximum Gasteiger partial charge on any atom is 0.146 e. The van der Waals surface area contributed by atoms with Crippen molar-refractivity contribution < 1.29 is 4.42 Å². The highest BCUT2D eigenvalue weighted by Gasteiger charge is 2.16. The molecule has 8 rings (SSSR count). The first-order valence-corrected chi connectivity index (χ1v) is 11.5. The molecule has 0 radical (unpaired) electrons. The number of fused-ring (bicyclic) bond motifs is 11. The molecule has 158 valence electrons. The Labute approximate surface area is 194 Å². The van der Waals surface area contributed by atoms with E-state index in [-0.39, 0.29) is 0 Å². The molecule has 0 fully saturated rings. The van der Waals surface area contributed by atoms with Gasteiger partial charge in [-0.15, -0.1) is 0 Å². The molecule has 0 saturated heterocycles. The van der Waals surface area contributed by atoms with Crippen LogP contribution in [0.2, 0.25) is 0 Å². The van der Waals surface area contributed by atoms with Gasteiger partial charge in [0.1, 0.15) is 16.8 Å². The Bertz CT molecular complexity index is 2080. The van der Waals surface area contributed by atoms with Gasteiger partial charge in [-0.25, -0.2) is 4.98 Å². The quantitative estimate of drug-likeness (QED) is 0.243. The van der Waals surface area contributed by atoms with Crippen molar-refractivity contribution >= 4 is 60.3 Å². The van der Waals surface area contributed by atoms with Crippen LogP contribution in [-0.4, -0.2) is 9.38 Å². The molecule has 3 aromatic heterocycles. The monoisotopic (exact) mass is 434 g/mol. The summed E-state index contributed by atoms with van der Waals surface area (Å²) in [7, 11) is 0. The molecule has 8 aromatic rings. The fourth-order valence-electron chi connectivity index (χ4n) is 5.45. The molecule has 0 amide bonds. The second kappa shape index (κ2) is 6.46. The number of pyridine rings is 1. The molecule has 0 spiro atoms. The lowest BCUT2D eigenvalue weighted by Gasteiger charge is -2.11. The Morgan fingerprint density at radius 2 is 1.32 bits per heavy atom. The van der Waals surface area contributed by atoms with Crippen LogP contribution in [0.1, 0.15) is 0 Å². The fourth-order valence-corrected chi connectivity index (χ4v) is 5.45. The lowest BCUT2D eigenvalue weighted by Crippen LogP contribution is -1.92. The third-order valence-electron chi connectivity index (χ3n) is 6.97. The molecule has 34 heavy (non-hydrogen) atoms. The minimum atomic E-state index is 0.918. The Kier molecular flexibility index (Phi) is 3.39. The fraction of sp³-hybridized carbons (Fsp3) is 0. The summed E-state index contributed by atoms with van der Waals surface area (Å²) in [6.45, 7) is 0. The maximum atomic E-state index is 6.33. The van der Waals surface area contributed by atoms with Gasteiger partial charge < -0.3 is 4.42 Å². The number of rotatable bonds is 1. The lowest BCUT2D eigenvalue weighted by molar-refractivity contribution is 0.670. The van der Waals surface area contributed by atoms with E-state index in [9.17, 15) is 0 Å². The molecule has 0 saturated carbocycles. The summed E-state index contributed by atoms with van der Waals surface area (Å²) in [6.07, 6.45) is 0. The van der Waals surface area contributed by atoms with Crippen LogP contribution in [0.5, 0.6) is 0 Å². The molecule has 0 atom stereocenters. The molecule has 0 unspecified atom stereocenters. The maximum absolute atomic E-state index is 6.33. The summed E-state index contributed by atoms with van der Waals surface area (Å²) in [4.78, 5) is 5.02. The van der Waals surface area contributed by atoms with Crippen LogP contribution in [-0.2, 0) is 0 Å². The van der Waals surface area contributed by atoms with Crippen LogP contribution in [0, 0.1) is 0 Å². The number of hydrogen-bond donors (Lipinski definition) is 0. The van der Waals surface area contributed by atoms with E-state index < -0.39 is 0 Å². The smallest absolute Gasteiger partial charge is 0.146 e. The number of nitrogens with zero attached hydrogens (tertiary/aromatic N) is 2. The van der Waals surface area contributed by atoms with Crippen molar-refractivity contribution in [2.75, 3.05) is 0 Å². The van der Waals surface area contributed by atoms with Crippen LogP contribution < -0.4 is 0 Å². The first-order valence-electron chi connectivity index (χ1n) is 11.5.